The summed E-state index contributed by atoms with van der Waals surface area (Å²) < 4.78 is 0. The summed E-state index contributed by atoms with van der Waals surface area (Å²) in [6.07, 6.45) is 0.992. The Kier molecular flexibility index (Phi) is 4.03. The van der Waals surface area contributed by atoms with Crippen molar-refractivity contribution < 1.29 is 4.79 Å². The van der Waals surface area contributed by atoms with Gasteiger partial charge in [-0.1, -0.05) is 19.1 Å². The number of carbonyl (C=O) groups excluding carboxylic acids is 1. The van der Waals surface area contributed by atoms with Crippen molar-refractivity contribution in [1.82, 2.24) is 10.2 Å². The maximum atomic E-state index is 12.1. The van der Waals surface area contributed by atoms with Gasteiger partial charge in [-0.3, -0.25) is 9.69 Å². The highest BCUT2D eigenvalue weighted by Gasteiger charge is 2.36. The molecule has 3 rings (SSSR count). The average molecular weight is 273 g/mol. The molecule has 0 unspecified atom stereocenters. The number of carbonyl (C=O) groups is 1. The van der Waals surface area contributed by atoms with Crippen molar-refractivity contribution in [1.29, 1.82) is 0 Å². The van der Waals surface area contributed by atoms with Crippen LogP contribution in [0.15, 0.2) is 24.3 Å². The van der Waals surface area contributed by atoms with E-state index in [1.54, 1.807) is 0 Å². The van der Waals surface area contributed by atoms with Crippen LogP contribution in [-0.4, -0.2) is 43.5 Å². The number of anilines is 1. The first-order valence-electron chi connectivity index (χ1n) is 7.56. The minimum atomic E-state index is 0.103. The smallest absolute Gasteiger partial charge is 0.238 e. The molecule has 2 heterocycles. The molecule has 0 saturated carbocycles. The predicted molar refractivity (Wildman–Crippen MR) is 80.7 cm³/mol. The summed E-state index contributed by atoms with van der Waals surface area (Å²) >= 11 is 0. The molecule has 1 aromatic rings. The first-order chi connectivity index (χ1) is 9.74. The van der Waals surface area contributed by atoms with Crippen LogP contribution in [0.2, 0.25) is 0 Å². The van der Waals surface area contributed by atoms with E-state index in [-0.39, 0.29) is 5.91 Å². The highest BCUT2D eigenvalue weighted by atomic mass is 16.2. The van der Waals surface area contributed by atoms with Gasteiger partial charge < -0.3 is 10.6 Å². The molecule has 108 valence electrons. The van der Waals surface area contributed by atoms with Gasteiger partial charge in [0.25, 0.3) is 0 Å². The fourth-order valence-corrected chi connectivity index (χ4v) is 3.35. The molecule has 0 aromatic heterocycles. The lowest BCUT2D eigenvalue weighted by Gasteiger charge is -2.16. The van der Waals surface area contributed by atoms with Crippen LogP contribution >= 0.6 is 0 Å². The molecular formula is C16H23N3O. The van der Waals surface area contributed by atoms with E-state index in [0.29, 0.717) is 6.54 Å². The molecule has 0 radical (unpaired) electrons. The predicted octanol–water partition coefficient (Wildman–Crippen LogP) is 1.34. The Morgan fingerprint density at radius 1 is 1.35 bits per heavy atom. The third-order valence-corrected chi connectivity index (χ3v) is 4.45. The number of nitrogens with zero attached hydrogens (tertiary/aromatic N) is 1. The molecule has 4 nitrogen and oxygen atoms in total. The van der Waals surface area contributed by atoms with Crippen LogP contribution in [0.5, 0.6) is 0 Å². The van der Waals surface area contributed by atoms with Crippen molar-refractivity contribution in [2.75, 3.05) is 38.0 Å². The summed E-state index contributed by atoms with van der Waals surface area (Å²) in [6, 6.07) is 8.10. The van der Waals surface area contributed by atoms with Crippen molar-refractivity contribution in [2.24, 2.45) is 11.8 Å². The number of hydrogen-bond acceptors (Lipinski definition) is 3. The molecule has 0 bridgehead atoms. The summed E-state index contributed by atoms with van der Waals surface area (Å²) in [5, 5.41) is 6.44. The van der Waals surface area contributed by atoms with Crippen molar-refractivity contribution in [3.05, 3.63) is 29.8 Å². The first-order valence-corrected chi connectivity index (χ1v) is 7.56. The lowest BCUT2D eigenvalue weighted by molar-refractivity contribution is -0.117. The number of likely N-dealkylation sites (tertiary alicyclic amines) is 1. The fraction of sp³-hybridized carbons (Fsp3) is 0.562. The highest BCUT2D eigenvalue weighted by Crippen LogP contribution is 2.25. The van der Waals surface area contributed by atoms with Crippen molar-refractivity contribution in [2.45, 2.75) is 13.3 Å². The minimum absolute atomic E-state index is 0.103. The largest absolute Gasteiger partial charge is 0.325 e. The first kappa shape index (κ1) is 13.6. The monoisotopic (exact) mass is 273 g/mol. The van der Waals surface area contributed by atoms with E-state index in [2.05, 4.69) is 34.6 Å². The van der Waals surface area contributed by atoms with Crippen molar-refractivity contribution >= 4 is 11.6 Å². The van der Waals surface area contributed by atoms with Crippen LogP contribution in [0.3, 0.4) is 0 Å². The molecule has 1 amide bonds. The summed E-state index contributed by atoms with van der Waals surface area (Å²) in [4.78, 5) is 14.4. The Hall–Kier alpha value is -1.39. The summed E-state index contributed by atoms with van der Waals surface area (Å²) in [6.45, 7) is 6.98. The molecule has 2 atom stereocenters. The third kappa shape index (κ3) is 3.02. The molecule has 1 aromatic carbocycles. The number of nitrogens with one attached hydrogen (secondary N) is 2. The van der Waals surface area contributed by atoms with E-state index >= 15 is 0 Å². The lowest BCUT2D eigenvalue weighted by atomic mass is 10.0. The van der Waals surface area contributed by atoms with Crippen LogP contribution in [0.1, 0.15) is 12.5 Å². The highest BCUT2D eigenvalue weighted by molar-refractivity contribution is 5.92. The molecule has 2 saturated heterocycles. The topological polar surface area (TPSA) is 44.4 Å². The number of rotatable bonds is 4. The molecule has 4 heteroatoms. The molecule has 2 N–H and O–H groups in total. The minimum Gasteiger partial charge on any atom is -0.325 e. The van der Waals surface area contributed by atoms with E-state index in [1.807, 2.05) is 12.1 Å². The zero-order valence-corrected chi connectivity index (χ0v) is 12.1. The lowest BCUT2D eigenvalue weighted by Crippen LogP contribution is -2.33. The molecule has 20 heavy (non-hydrogen) atoms. The summed E-state index contributed by atoms with van der Waals surface area (Å²) in [7, 11) is 0. The van der Waals surface area contributed by atoms with Crippen molar-refractivity contribution in [3.63, 3.8) is 0 Å². The number of benzene rings is 1. The second-order valence-corrected chi connectivity index (χ2v) is 5.97. The van der Waals surface area contributed by atoms with Gasteiger partial charge in [0.15, 0.2) is 0 Å². The van der Waals surface area contributed by atoms with E-state index in [1.165, 1.54) is 5.56 Å². The van der Waals surface area contributed by atoms with Gasteiger partial charge >= 0.3 is 0 Å². The van der Waals surface area contributed by atoms with E-state index in [0.717, 1.165) is 50.1 Å². The maximum Gasteiger partial charge on any atom is 0.238 e. The maximum absolute atomic E-state index is 12.1. The normalized spacial score (nSPS) is 25.6. The van der Waals surface area contributed by atoms with Gasteiger partial charge in [-0.2, -0.15) is 0 Å². The number of amides is 1. The van der Waals surface area contributed by atoms with Crippen LogP contribution in [0.4, 0.5) is 5.69 Å². The molecule has 2 fully saturated rings. The molecule has 0 spiro atoms. The van der Waals surface area contributed by atoms with Gasteiger partial charge in [-0.05, 0) is 49.0 Å². The molecule has 0 aliphatic carbocycles. The van der Waals surface area contributed by atoms with Gasteiger partial charge in [-0.25, -0.2) is 0 Å². The zero-order chi connectivity index (χ0) is 13.9. The number of hydrogen-bond donors (Lipinski definition) is 2. The van der Waals surface area contributed by atoms with Crippen LogP contribution in [0.25, 0.3) is 0 Å². The molecule has 2 aliphatic heterocycles. The fourth-order valence-electron chi connectivity index (χ4n) is 3.35. The quantitative estimate of drug-likeness (QED) is 0.870. The van der Waals surface area contributed by atoms with Crippen LogP contribution in [0, 0.1) is 11.8 Å². The van der Waals surface area contributed by atoms with E-state index in [9.17, 15) is 4.79 Å². The van der Waals surface area contributed by atoms with E-state index in [4.69, 9.17) is 0 Å². The Labute approximate surface area is 120 Å². The Morgan fingerprint density at radius 2 is 2.10 bits per heavy atom. The SMILES string of the molecule is CCc1cccc(NC(=O)CN2C[C@H]3CNC[C@H]3C2)c1. The van der Waals surface area contributed by atoms with Gasteiger partial charge in [0.2, 0.25) is 5.91 Å². The summed E-state index contributed by atoms with van der Waals surface area (Å²) in [5.41, 5.74) is 2.17. The van der Waals surface area contributed by atoms with Crippen LogP contribution in [-0.2, 0) is 11.2 Å². The Balaban J connectivity index is 1.52. The summed E-state index contributed by atoms with van der Waals surface area (Å²) in [5.74, 6) is 1.59. The van der Waals surface area contributed by atoms with E-state index < -0.39 is 0 Å². The zero-order valence-electron chi connectivity index (χ0n) is 12.1. The van der Waals surface area contributed by atoms with Gasteiger partial charge in [0, 0.05) is 18.8 Å². The second-order valence-electron chi connectivity index (χ2n) is 5.97. The van der Waals surface area contributed by atoms with Crippen LogP contribution < -0.4 is 10.6 Å². The molecular weight excluding hydrogens is 250 g/mol. The number of aryl methyl sites for hydroxylation is 1. The average Bonchev–Trinajstić information content (AvgIpc) is 2.99. The Bertz CT molecular complexity index is 476. The van der Waals surface area contributed by atoms with Gasteiger partial charge in [-0.15, -0.1) is 0 Å². The number of fused-ring (bicyclic) bond motifs is 1. The standard InChI is InChI=1S/C16H23N3O/c1-2-12-4-3-5-15(6-12)18-16(20)11-19-9-13-7-17-8-14(13)10-19/h3-6,13-14,17H,2,7-11H2,1H3,(H,18,20)/t13-,14+. The second kappa shape index (κ2) is 5.94. The Morgan fingerprint density at radius 3 is 2.80 bits per heavy atom. The van der Waals surface area contributed by atoms with Gasteiger partial charge in [0.05, 0.1) is 6.54 Å². The third-order valence-electron chi connectivity index (χ3n) is 4.45. The van der Waals surface area contributed by atoms with Crippen molar-refractivity contribution in [3.8, 4) is 0 Å². The molecule has 2 aliphatic rings. The van der Waals surface area contributed by atoms with Gasteiger partial charge in [0.1, 0.15) is 0 Å².